The zero-order valence-electron chi connectivity index (χ0n) is 40.9. The van der Waals surface area contributed by atoms with Crippen LogP contribution in [0.2, 0.25) is 0 Å². The highest BCUT2D eigenvalue weighted by atomic mass is 16.5. The number of carbonyl (C=O) groups excluding carboxylic acids is 7. The molecule has 8 atom stereocenters. The van der Waals surface area contributed by atoms with Gasteiger partial charge < -0.3 is 34.6 Å². The molecule has 2 aliphatic heterocycles. The van der Waals surface area contributed by atoms with Crippen LogP contribution >= 0.6 is 0 Å². The third-order valence-corrected chi connectivity index (χ3v) is 13.4. The number of carbonyl (C=O) groups is 8. The van der Waals surface area contributed by atoms with Crippen molar-refractivity contribution < 1.29 is 52.9 Å². The lowest BCUT2D eigenvalue weighted by Gasteiger charge is -2.40. The topological polar surface area (TPSA) is 213 Å². The molecule has 0 aliphatic carbocycles. The molecule has 2 heterocycles. The zero-order valence-corrected chi connectivity index (χ0v) is 40.9. The number of hydrogen-bond donors (Lipinski definition) is 2. The van der Waals surface area contributed by atoms with Gasteiger partial charge in [-0.1, -0.05) is 77.8 Å². The van der Waals surface area contributed by atoms with Gasteiger partial charge in [-0.05, 0) is 56.9 Å². The van der Waals surface area contributed by atoms with E-state index in [9.17, 15) is 43.5 Å². The maximum atomic E-state index is 14.4. The number of nitrogens with zero attached hydrogens (tertiary/aromatic N) is 5. The first-order valence-electron chi connectivity index (χ1n) is 23.2. The van der Waals surface area contributed by atoms with Gasteiger partial charge in [0.05, 0.1) is 42.5 Å². The van der Waals surface area contributed by atoms with Crippen LogP contribution in [-0.2, 0) is 54.3 Å². The Balaban J connectivity index is 1.69. The Morgan fingerprint density at radius 3 is 2.15 bits per heavy atom. The molecule has 1 fully saturated rings. The number of benzene rings is 1. The minimum atomic E-state index is -1.33. The van der Waals surface area contributed by atoms with Crippen LogP contribution in [0.15, 0.2) is 47.5 Å². The predicted octanol–water partition coefficient (Wildman–Crippen LogP) is 4.31. The molecule has 3 rings (SSSR count). The highest BCUT2D eigenvalue weighted by Gasteiger charge is 2.43. The van der Waals surface area contributed by atoms with Gasteiger partial charge in [0.25, 0.3) is 17.7 Å². The van der Waals surface area contributed by atoms with Crippen molar-refractivity contribution in [3.8, 4) is 0 Å². The third kappa shape index (κ3) is 14.4. The van der Waals surface area contributed by atoms with E-state index in [4.69, 9.17) is 9.47 Å². The number of methoxy groups -OCH3 is 2. The summed E-state index contributed by atoms with van der Waals surface area (Å²) in [7, 11) is 6.17. The Labute approximate surface area is 390 Å². The molecule has 17 nitrogen and oxygen atoms in total. The van der Waals surface area contributed by atoms with Gasteiger partial charge in [0.15, 0.2) is 0 Å². The maximum Gasteiger partial charge on any atom is 0.326 e. The number of likely N-dealkylation sites (tertiary alicyclic amines) is 1. The van der Waals surface area contributed by atoms with E-state index in [0.29, 0.717) is 45.1 Å². The van der Waals surface area contributed by atoms with Gasteiger partial charge in [0.2, 0.25) is 23.6 Å². The average molecular weight is 923 g/mol. The highest BCUT2D eigenvalue weighted by molar-refractivity contribution is 6.12. The van der Waals surface area contributed by atoms with E-state index < -0.39 is 65.5 Å². The summed E-state index contributed by atoms with van der Waals surface area (Å²) in [6.45, 7) is 13.2. The van der Waals surface area contributed by atoms with Crippen molar-refractivity contribution in [3.63, 3.8) is 0 Å². The Hall–Kier alpha value is -5.29. The fraction of sp³-hybridized carbons (Fsp3) is 0.653. The predicted molar refractivity (Wildman–Crippen MR) is 249 cm³/mol. The van der Waals surface area contributed by atoms with Gasteiger partial charge in [-0.3, -0.25) is 38.5 Å². The molecule has 7 amide bonds. The first-order valence-corrected chi connectivity index (χ1v) is 23.2. The molecule has 1 unspecified atom stereocenters. The van der Waals surface area contributed by atoms with Crippen LogP contribution in [0.3, 0.4) is 0 Å². The van der Waals surface area contributed by atoms with Gasteiger partial charge in [0, 0.05) is 72.6 Å². The molecule has 2 aliphatic rings. The number of unbranched alkanes of at least 4 members (excludes halogenated alkanes) is 2. The van der Waals surface area contributed by atoms with Crippen molar-refractivity contribution >= 4 is 53.5 Å². The number of aliphatic imine (C=N–C) groups is 1. The normalized spacial score (nSPS) is 18.5. The second-order valence-electron chi connectivity index (χ2n) is 18.5. The van der Waals surface area contributed by atoms with Gasteiger partial charge in [-0.25, -0.2) is 9.79 Å². The summed E-state index contributed by atoms with van der Waals surface area (Å²) in [6, 6.07) is 6.84. The fourth-order valence-corrected chi connectivity index (χ4v) is 8.72. The van der Waals surface area contributed by atoms with E-state index in [1.165, 1.54) is 44.5 Å². The summed E-state index contributed by atoms with van der Waals surface area (Å²) < 4.78 is 11.9. The Morgan fingerprint density at radius 2 is 1.59 bits per heavy atom. The van der Waals surface area contributed by atoms with Crippen LogP contribution in [0.5, 0.6) is 0 Å². The number of amides is 7. The number of likely N-dealkylation sites (N-methyl/N-ethyl adjacent to an activating group) is 2. The quantitative estimate of drug-likeness (QED) is 0.0760. The molecule has 0 saturated carbocycles. The van der Waals surface area contributed by atoms with Crippen molar-refractivity contribution in [1.29, 1.82) is 0 Å². The molecule has 1 aromatic rings. The van der Waals surface area contributed by atoms with Gasteiger partial charge in [-0.2, -0.15) is 0 Å². The van der Waals surface area contributed by atoms with Crippen LogP contribution in [0.25, 0.3) is 0 Å². The SMILES string of the molecule is CC[C@H](C)[C@@H]([C@@H](CC(=O)N1CCC[C@H]1[C@H](OC)[C@@H](C)C(=O)N[C@@H](Cc1ccccc1)C(=O)O)OC)N(C)C(=O)C(/C=N/C(=O)C(C)(C)N(C)C(=O)CCCCCN1C(=O)C=CC1=O)C(C)C. The Morgan fingerprint density at radius 1 is 0.955 bits per heavy atom. The molecule has 0 spiro atoms. The summed E-state index contributed by atoms with van der Waals surface area (Å²) in [4.78, 5) is 115. The maximum absolute atomic E-state index is 14.4. The smallest absolute Gasteiger partial charge is 0.326 e. The van der Waals surface area contributed by atoms with Gasteiger partial charge >= 0.3 is 5.97 Å². The van der Waals surface area contributed by atoms with E-state index in [1.54, 1.807) is 61.9 Å². The average Bonchev–Trinajstić information content (AvgIpc) is 3.90. The Kier molecular flexibility index (Phi) is 21.3. The molecule has 366 valence electrons. The molecule has 0 bridgehead atoms. The summed E-state index contributed by atoms with van der Waals surface area (Å²) in [6.07, 6.45) is 6.09. The molecule has 17 heteroatoms. The Bertz CT molecular complexity index is 1900. The summed E-state index contributed by atoms with van der Waals surface area (Å²) >= 11 is 0. The highest BCUT2D eigenvalue weighted by Crippen LogP contribution is 2.30. The van der Waals surface area contributed by atoms with Gasteiger partial charge in [0.1, 0.15) is 11.6 Å². The minimum Gasteiger partial charge on any atom is -0.480 e. The fourth-order valence-electron chi connectivity index (χ4n) is 8.72. The van der Waals surface area contributed by atoms with Crippen molar-refractivity contribution in [1.82, 2.24) is 24.9 Å². The molecule has 66 heavy (non-hydrogen) atoms. The zero-order chi connectivity index (χ0) is 49.5. The summed E-state index contributed by atoms with van der Waals surface area (Å²) in [5.41, 5.74) is -0.566. The van der Waals surface area contributed by atoms with Crippen LogP contribution in [0.1, 0.15) is 105 Å². The van der Waals surface area contributed by atoms with Crippen molar-refractivity contribution in [2.75, 3.05) is 41.4 Å². The molecular weight excluding hydrogens is 849 g/mol. The number of carboxylic acid groups (broad SMARTS) is 1. The van der Waals surface area contributed by atoms with Crippen LogP contribution in [0.4, 0.5) is 0 Å². The monoisotopic (exact) mass is 923 g/mol. The standard InChI is InChI=1S/C49H74N6O11/c1-12-32(4)43(38(65-10)29-42(59)54-27-19-22-37(54)44(66-11)33(5)45(60)51-36(47(62)63)28-34-20-15-13-16-21-34)52(8)46(61)35(31(2)3)30-50-48(64)49(6,7)53(9)39(56)23-17-14-18-26-55-40(57)24-25-41(55)58/h13,15-16,20-21,24-25,30-33,35-38,43-44H,12,14,17-19,22-23,26-29H2,1-11H3,(H,51,60)(H,62,63)/b50-30+/t32-,33+,35?,36-,37-,38+,43-,44+/m0/s1. The van der Waals surface area contributed by atoms with Crippen molar-refractivity contribution in [2.45, 2.75) is 142 Å². The number of imide groups is 1. The minimum absolute atomic E-state index is 0.0719. The third-order valence-electron chi connectivity index (χ3n) is 13.4. The summed E-state index contributed by atoms with van der Waals surface area (Å²) in [5, 5.41) is 12.6. The first-order chi connectivity index (χ1) is 31.1. The molecule has 1 aromatic carbocycles. The molecule has 1 saturated heterocycles. The number of nitrogens with one attached hydrogen (secondary N) is 1. The lowest BCUT2D eigenvalue weighted by molar-refractivity contribution is -0.147. The molecule has 2 N–H and O–H groups in total. The van der Waals surface area contributed by atoms with Crippen LogP contribution < -0.4 is 5.32 Å². The largest absolute Gasteiger partial charge is 0.480 e. The summed E-state index contributed by atoms with van der Waals surface area (Å²) in [5.74, 6) is -5.80. The van der Waals surface area contributed by atoms with E-state index in [0.717, 1.165) is 10.5 Å². The van der Waals surface area contributed by atoms with Crippen LogP contribution in [0, 0.1) is 23.7 Å². The molecule has 0 aromatic heterocycles. The van der Waals surface area contributed by atoms with Gasteiger partial charge in [-0.15, -0.1) is 0 Å². The number of aliphatic carboxylic acids is 1. The van der Waals surface area contributed by atoms with Crippen molar-refractivity contribution in [2.24, 2.45) is 28.7 Å². The first kappa shape index (κ1) is 55.0. The number of ether oxygens (including phenoxy) is 2. The number of hydrogen-bond acceptors (Lipinski definition) is 10. The number of carboxylic acids is 1. The second kappa shape index (κ2) is 25.6. The van der Waals surface area contributed by atoms with Crippen molar-refractivity contribution in [3.05, 3.63) is 48.0 Å². The molecule has 0 radical (unpaired) electrons. The molecular formula is C49H74N6O11. The van der Waals surface area contributed by atoms with Crippen LogP contribution in [-0.4, -0.2) is 156 Å². The lowest BCUT2D eigenvalue weighted by Crippen LogP contribution is -2.55. The van der Waals surface area contributed by atoms with E-state index >= 15 is 0 Å². The van der Waals surface area contributed by atoms with E-state index in [1.807, 2.05) is 33.8 Å². The van der Waals surface area contributed by atoms with E-state index in [2.05, 4.69) is 10.3 Å². The van der Waals surface area contributed by atoms with E-state index in [-0.39, 0.29) is 67.2 Å². The lowest BCUT2D eigenvalue weighted by atomic mass is 9.88. The number of rotatable bonds is 26. The second-order valence-corrected chi connectivity index (χ2v) is 18.5.